The molecule has 0 unspecified atom stereocenters. The first-order valence-corrected chi connectivity index (χ1v) is 10.3. The smallest absolute Gasteiger partial charge is 0.269 e. The van der Waals surface area contributed by atoms with Gasteiger partial charge in [-0.05, 0) is 19.1 Å². The van der Waals surface area contributed by atoms with Crippen molar-refractivity contribution < 1.29 is 9.32 Å². The Labute approximate surface area is 172 Å². The maximum Gasteiger partial charge on any atom is 0.269 e. The van der Waals surface area contributed by atoms with Crippen molar-refractivity contribution in [2.45, 2.75) is 13.5 Å². The van der Waals surface area contributed by atoms with Crippen LogP contribution in [0.1, 0.15) is 21.9 Å². The maximum absolute atomic E-state index is 11.7. The summed E-state index contributed by atoms with van der Waals surface area (Å²) in [5, 5.41) is 12.5. The standard InChI is InChI=1S/C19H23N7O2S/c1-13-16(4-3-15(22-13)18(27)20-2)26-8-6-25(7-9-26)12-14-11-17(24-28-14)23-19-21-5-10-29-19/h3-5,10-11H,6-9,12H2,1-2H3,(H,20,27)(H,21,23,24). The average molecular weight is 414 g/mol. The molecule has 3 aromatic heterocycles. The van der Waals surface area contributed by atoms with Crippen molar-refractivity contribution in [1.29, 1.82) is 0 Å². The highest BCUT2D eigenvalue weighted by atomic mass is 32.1. The quantitative estimate of drug-likeness (QED) is 0.635. The molecule has 4 heterocycles. The molecule has 1 amide bonds. The van der Waals surface area contributed by atoms with Gasteiger partial charge in [-0.3, -0.25) is 9.69 Å². The van der Waals surface area contributed by atoms with Gasteiger partial charge < -0.3 is 20.1 Å². The second kappa shape index (κ2) is 8.58. The number of carbonyl (C=O) groups is 1. The monoisotopic (exact) mass is 413 g/mol. The Hall–Kier alpha value is -2.98. The van der Waals surface area contributed by atoms with Crippen LogP contribution in [0.5, 0.6) is 0 Å². The number of thiazole rings is 1. The van der Waals surface area contributed by atoms with Crippen LogP contribution in [0, 0.1) is 6.92 Å². The molecule has 1 saturated heterocycles. The third kappa shape index (κ3) is 4.54. The number of anilines is 3. The molecule has 152 valence electrons. The Morgan fingerprint density at radius 1 is 1.28 bits per heavy atom. The number of aryl methyl sites for hydroxylation is 1. The summed E-state index contributed by atoms with van der Waals surface area (Å²) < 4.78 is 5.45. The normalized spacial score (nSPS) is 14.8. The van der Waals surface area contributed by atoms with Crippen molar-refractivity contribution in [1.82, 2.24) is 25.3 Å². The second-order valence-electron chi connectivity index (χ2n) is 6.78. The van der Waals surface area contributed by atoms with E-state index in [9.17, 15) is 4.79 Å². The van der Waals surface area contributed by atoms with E-state index < -0.39 is 0 Å². The van der Waals surface area contributed by atoms with Crippen LogP contribution < -0.4 is 15.5 Å². The van der Waals surface area contributed by atoms with Gasteiger partial charge >= 0.3 is 0 Å². The highest BCUT2D eigenvalue weighted by Gasteiger charge is 2.21. The van der Waals surface area contributed by atoms with Crippen LogP contribution >= 0.6 is 11.3 Å². The lowest BCUT2D eigenvalue weighted by atomic mass is 10.2. The molecule has 3 aromatic rings. The van der Waals surface area contributed by atoms with E-state index in [0.29, 0.717) is 18.1 Å². The molecule has 1 aliphatic rings. The van der Waals surface area contributed by atoms with Crippen molar-refractivity contribution in [2.24, 2.45) is 0 Å². The van der Waals surface area contributed by atoms with Gasteiger partial charge in [0.15, 0.2) is 16.7 Å². The van der Waals surface area contributed by atoms with E-state index in [1.54, 1.807) is 19.3 Å². The molecule has 0 aromatic carbocycles. The first-order chi connectivity index (χ1) is 14.1. The Morgan fingerprint density at radius 2 is 2.10 bits per heavy atom. The zero-order chi connectivity index (χ0) is 20.2. The number of amides is 1. The molecule has 0 aliphatic carbocycles. The number of pyridine rings is 1. The van der Waals surface area contributed by atoms with Crippen molar-refractivity contribution in [3.63, 3.8) is 0 Å². The number of piperazine rings is 1. The first kappa shape index (κ1) is 19.3. The summed E-state index contributed by atoms with van der Waals surface area (Å²) in [6.07, 6.45) is 1.75. The summed E-state index contributed by atoms with van der Waals surface area (Å²) in [4.78, 5) is 25.0. The predicted octanol–water partition coefficient (Wildman–Crippen LogP) is 2.26. The Balaban J connectivity index is 1.32. The van der Waals surface area contributed by atoms with Crippen LogP contribution in [-0.4, -0.2) is 59.2 Å². The SMILES string of the molecule is CNC(=O)c1ccc(N2CCN(Cc3cc(Nc4nccs4)no3)CC2)c(C)n1. The number of hydrogen-bond acceptors (Lipinski definition) is 9. The number of nitrogens with one attached hydrogen (secondary N) is 2. The lowest BCUT2D eigenvalue weighted by molar-refractivity contribution is 0.0958. The van der Waals surface area contributed by atoms with Crippen molar-refractivity contribution in [3.8, 4) is 0 Å². The van der Waals surface area contributed by atoms with Gasteiger partial charge in [-0.1, -0.05) is 5.16 Å². The zero-order valence-electron chi connectivity index (χ0n) is 16.4. The number of hydrogen-bond donors (Lipinski definition) is 2. The molecule has 1 fully saturated rings. The van der Waals surface area contributed by atoms with Gasteiger partial charge in [-0.25, -0.2) is 9.97 Å². The van der Waals surface area contributed by atoms with Gasteiger partial charge in [0.1, 0.15) is 5.69 Å². The van der Waals surface area contributed by atoms with E-state index in [1.165, 1.54) is 11.3 Å². The van der Waals surface area contributed by atoms with Crippen molar-refractivity contribution in [3.05, 3.63) is 46.9 Å². The highest BCUT2D eigenvalue weighted by molar-refractivity contribution is 7.13. The van der Waals surface area contributed by atoms with Crippen LogP contribution in [0.25, 0.3) is 0 Å². The zero-order valence-corrected chi connectivity index (χ0v) is 17.2. The van der Waals surface area contributed by atoms with Crippen LogP contribution in [-0.2, 0) is 6.54 Å². The molecule has 29 heavy (non-hydrogen) atoms. The van der Waals surface area contributed by atoms with Gasteiger partial charge in [0.25, 0.3) is 5.91 Å². The molecule has 1 aliphatic heterocycles. The Morgan fingerprint density at radius 3 is 2.79 bits per heavy atom. The number of carbonyl (C=O) groups excluding carboxylic acids is 1. The summed E-state index contributed by atoms with van der Waals surface area (Å²) in [5.74, 6) is 1.33. The highest BCUT2D eigenvalue weighted by Crippen LogP contribution is 2.22. The fourth-order valence-corrected chi connectivity index (χ4v) is 3.89. The van der Waals surface area contributed by atoms with Crippen LogP contribution in [0.2, 0.25) is 0 Å². The first-order valence-electron chi connectivity index (χ1n) is 9.41. The number of aromatic nitrogens is 3. The molecule has 0 spiro atoms. The minimum Gasteiger partial charge on any atom is -0.368 e. The number of rotatable bonds is 6. The summed E-state index contributed by atoms with van der Waals surface area (Å²) in [5.41, 5.74) is 2.39. The Kier molecular flexibility index (Phi) is 5.72. The minimum absolute atomic E-state index is 0.166. The van der Waals surface area contributed by atoms with E-state index in [1.807, 2.05) is 24.4 Å². The summed E-state index contributed by atoms with van der Waals surface area (Å²) in [6.45, 7) is 6.26. The summed E-state index contributed by atoms with van der Waals surface area (Å²) in [7, 11) is 1.61. The molecule has 10 heteroatoms. The second-order valence-corrected chi connectivity index (χ2v) is 7.68. The van der Waals surface area contributed by atoms with E-state index >= 15 is 0 Å². The van der Waals surface area contributed by atoms with E-state index in [-0.39, 0.29) is 5.91 Å². The number of nitrogens with zero attached hydrogens (tertiary/aromatic N) is 5. The molecule has 0 saturated carbocycles. The van der Waals surface area contributed by atoms with Crippen LogP contribution in [0.15, 0.2) is 34.3 Å². The Bertz CT molecular complexity index is 965. The van der Waals surface area contributed by atoms with Gasteiger partial charge in [-0.2, -0.15) is 0 Å². The molecule has 0 radical (unpaired) electrons. The van der Waals surface area contributed by atoms with Crippen LogP contribution in [0.4, 0.5) is 16.6 Å². The third-order valence-corrected chi connectivity index (χ3v) is 5.52. The molecule has 9 nitrogen and oxygen atoms in total. The molecule has 0 bridgehead atoms. The van der Waals surface area contributed by atoms with E-state index in [0.717, 1.165) is 48.5 Å². The molecule has 2 N–H and O–H groups in total. The lowest BCUT2D eigenvalue weighted by Crippen LogP contribution is -2.46. The molecular weight excluding hydrogens is 390 g/mol. The minimum atomic E-state index is -0.166. The van der Waals surface area contributed by atoms with Crippen LogP contribution in [0.3, 0.4) is 0 Å². The average Bonchev–Trinajstić information content (AvgIpc) is 3.40. The molecular formula is C19H23N7O2S. The maximum atomic E-state index is 11.7. The van der Waals surface area contributed by atoms with Crippen molar-refractivity contribution in [2.75, 3.05) is 43.4 Å². The van der Waals surface area contributed by atoms with Crippen molar-refractivity contribution >= 4 is 33.9 Å². The van der Waals surface area contributed by atoms with Gasteiger partial charge in [-0.15, -0.1) is 11.3 Å². The summed E-state index contributed by atoms with van der Waals surface area (Å²) in [6, 6.07) is 5.67. The fourth-order valence-electron chi connectivity index (χ4n) is 3.35. The van der Waals surface area contributed by atoms with E-state index in [4.69, 9.17) is 4.52 Å². The summed E-state index contributed by atoms with van der Waals surface area (Å²) >= 11 is 1.52. The topological polar surface area (TPSA) is 99.4 Å². The molecule has 0 atom stereocenters. The van der Waals surface area contributed by atoms with Gasteiger partial charge in [0, 0.05) is 50.9 Å². The lowest BCUT2D eigenvalue weighted by Gasteiger charge is -2.36. The largest absolute Gasteiger partial charge is 0.368 e. The van der Waals surface area contributed by atoms with Gasteiger partial charge in [0.2, 0.25) is 0 Å². The third-order valence-electron chi connectivity index (χ3n) is 4.84. The molecule has 4 rings (SSSR count). The van der Waals surface area contributed by atoms with Gasteiger partial charge in [0.05, 0.1) is 17.9 Å². The van der Waals surface area contributed by atoms with E-state index in [2.05, 4.69) is 35.6 Å². The predicted molar refractivity (Wildman–Crippen MR) is 112 cm³/mol. The fraction of sp³-hybridized carbons (Fsp3) is 0.368.